The van der Waals surface area contributed by atoms with Crippen molar-refractivity contribution in [2.24, 2.45) is 0 Å². The Kier molecular flexibility index (Phi) is 4.88. The monoisotopic (exact) mass is 275 g/mol. The molecule has 0 saturated carbocycles. The molecule has 0 amide bonds. The van der Waals surface area contributed by atoms with Crippen LogP contribution in [0.1, 0.15) is 36.5 Å². The van der Waals surface area contributed by atoms with Crippen molar-refractivity contribution in [3.63, 3.8) is 0 Å². The van der Waals surface area contributed by atoms with Gasteiger partial charge in [0, 0.05) is 11.2 Å². The number of benzene rings is 1. The molecule has 3 nitrogen and oxygen atoms in total. The molecule has 0 bridgehead atoms. The molecule has 1 heterocycles. The number of hydrogen-bond donors (Lipinski definition) is 1. The molecule has 19 heavy (non-hydrogen) atoms. The van der Waals surface area contributed by atoms with Crippen molar-refractivity contribution < 1.29 is 0 Å². The third-order valence-corrected chi connectivity index (χ3v) is 3.11. The molecule has 4 heteroatoms. The summed E-state index contributed by atoms with van der Waals surface area (Å²) in [7, 11) is 0. The summed E-state index contributed by atoms with van der Waals surface area (Å²) in [6.07, 6.45) is 2.87. The highest BCUT2D eigenvalue weighted by Crippen LogP contribution is 2.23. The molecule has 0 fully saturated rings. The van der Waals surface area contributed by atoms with Crippen molar-refractivity contribution in [1.82, 2.24) is 15.3 Å². The van der Waals surface area contributed by atoms with Crippen LogP contribution in [0.3, 0.4) is 0 Å². The third-order valence-electron chi connectivity index (χ3n) is 2.87. The lowest BCUT2D eigenvalue weighted by Gasteiger charge is -2.19. The molecule has 100 valence electrons. The van der Waals surface area contributed by atoms with E-state index < -0.39 is 0 Å². The van der Waals surface area contributed by atoms with Gasteiger partial charge in [-0.15, -0.1) is 0 Å². The molecular weight excluding hydrogens is 258 g/mol. The largest absolute Gasteiger partial charge is 0.305 e. The van der Waals surface area contributed by atoms with Gasteiger partial charge in [-0.25, -0.2) is 9.97 Å². The molecule has 0 aliphatic heterocycles. The summed E-state index contributed by atoms with van der Waals surface area (Å²) >= 11 is 6.08. The maximum atomic E-state index is 6.08. The molecule has 0 aliphatic rings. The van der Waals surface area contributed by atoms with E-state index in [2.05, 4.69) is 28.3 Å². The average Bonchev–Trinajstić information content (AvgIpc) is 2.39. The minimum absolute atomic E-state index is 0.0559. The summed E-state index contributed by atoms with van der Waals surface area (Å²) in [5, 5.41) is 4.25. The molecule has 1 aromatic carbocycles. The number of aryl methyl sites for hydroxylation is 1. The highest BCUT2D eigenvalue weighted by molar-refractivity contribution is 6.30. The number of nitrogens with one attached hydrogen (secondary N) is 1. The molecular formula is C15H18ClN3. The second-order valence-electron chi connectivity index (χ2n) is 4.47. The van der Waals surface area contributed by atoms with E-state index >= 15 is 0 Å². The van der Waals surface area contributed by atoms with Gasteiger partial charge in [-0.1, -0.05) is 30.7 Å². The number of hydrogen-bond acceptors (Lipinski definition) is 3. The highest BCUT2D eigenvalue weighted by Gasteiger charge is 2.15. The number of aromatic nitrogens is 2. The minimum atomic E-state index is 0.0559. The Labute approximate surface area is 119 Å². The van der Waals surface area contributed by atoms with Crippen molar-refractivity contribution in [1.29, 1.82) is 0 Å². The Morgan fingerprint density at radius 2 is 2.16 bits per heavy atom. The van der Waals surface area contributed by atoms with Gasteiger partial charge in [-0.2, -0.15) is 0 Å². The SMILES string of the molecule is CCCNC(c1cccc(Cl)c1)c1ccnc(C)n1. The minimum Gasteiger partial charge on any atom is -0.305 e. The molecule has 0 saturated heterocycles. The van der Waals surface area contributed by atoms with Gasteiger partial charge >= 0.3 is 0 Å². The molecule has 1 aromatic heterocycles. The summed E-state index contributed by atoms with van der Waals surface area (Å²) in [5.41, 5.74) is 2.10. The Hall–Kier alpha value is -1.45. The van der Waals surface area contributed by atoms with Crippen LogP contribution in [0.25, 0.3) is 0 Å². The van der Waals surface area contributed by atoms with E-state index in [1.54, 1.807) is 6.20 Å². The van der Waals surface area contributed by atoms with Gasteiger partial charge in [0.05, 0.1) is 11.7 Å². The molecule has 1 N–H and O–H groups in total. The van der Waals surface area contributed by atoms with E-state index in [0.29, 0.717) is 0 Å². The molecule has 1 unspecified atom stereocenters. The summed E-state index contributed by atoms with van der Waals surface area (Å²) in [6, 6.07) is 9.89. The van der Waals surface area contributed by atoms with Gasteiger partial charge in [0.25, 0.3) is 0 Å². The van der Waals surface area contributed by atoms with Crippen molar-refractivity contribution in [3.8, 4) is 0 Å². The van der Waals surface area contributed by atoms with Crippen LogP contribution in [0.15, 0.2) is 36.5 Å². The Morgan fingerprint density at radius 1 is 1.32 bits per heavy atom. The van der Waals surface area contributed by atoms with Gasteiger partial charge in [-0.3, -0.25) is 0 Å². The van der Waals surface area contributed by atoms with E-state index in [9.17, 15) is 0 Å². The Morgan fingerprint density at radius 3 is 2.84 bits per heavy atom. The standard InChI is InChI=1S/C15H18ClN3/c1-3-8-18-15(12-5-4-6-13(16)10-12)14-7-9-17-11(2)19-14/h4-7,9-10,15,18H,3,8H2,1-2H3. The maximum Gasteiger partial charge on any atom is 0.125 e. The predicted molar refractivity (Wildman–Crippen MR) is 78.4 cm³/mol. The van der Waals surface area contributed by atoms with E-state index in [1.165, 1.54) is 0 Å². The summed E-state index contributed by atoms with van der Waals surface area (Å²) in [6.45, 7) is 4.98. The third kappa shape index (κ3) is 3.75. The topological polar surface area (TPSA) is 37.8 Å². The molecule has 0 spiro atoms. The summed E-state index contributed by atoms with van der Waals surface area (Å²) in [5.74, 6) is 0.780. The van der Waals surface area contributed by atoms with Gasteiger partial charge in [0.15, 0.2) is 0 Å². The quantitative estimate of drug-likeness (QED) is 0.907. The second-order valence-corrected chi connectivity index (χ2v) is 4.91. The number of rotatable bonds is 5. The molecule has 0 radical (unpaired) electrons. The zero-order valence-corrected chi connectivity index (χ0v) is 12.0. The predicted octanol–water partition coefficient (Wildman–Crippen LogP) is 3.53. The first kappa shape index (κ1) is 14.0. The first-order chi connectivity index (χ1) is 9.20. The first-order valence-electron chi connectivity index (χ1n) is 6.49. The smallest absolute Gasteiger partial charge is 0.125 e. The average molecular weight is 276 g/mol. The van der Waals surface area contributed by atoms with E-state index in [0.717, 1.165) is 35.1 Å². The zero-order chi connectivity index (χ0) is 13.7. The fraction of sp³-hybridized carbons (Fsp3) is 0.333. The number of halogens is 1. The molecule has 2 rings (SSSR count). The van der Waals surface area contributed by atoms with E-state index in [1.807, 2.05) is 31.2 Å². The van der Waals surface area contributed by atoms with Crippen molar-refractivity contribution in [2.75, 3.05) is 6.54 Å². The second kappa shape index (κ2) is 6.64. The lowest BCUT2D eigenvalue weighted by Crippen LogP contribution is -2.24. The molecule has 0 aliphatic carbocycles. The fourth-order valence-electron chi connectivity index (χ4n) is 2.00. The van der Waals surface area contributed by atoms with Crippen molar-refractivity contribution in [3.05, 3.63) is 58.6 Å². The van der Waals surface area contributed by atoms with E-state index in [-0.39, 0.29) is 6.04 Å². The van der Waals surface area contributed by atoms with Crippen LogP contribution in [-0.2, 0) is 0 Å². The summed E-state index contributed by atoms with van der Waals surface area (Å²) in [4.78, 5) is 8.66. The van der Waals surface area contributed by atoms with Gasteiger partial charge < -0.3 is 5.32 Å². The first-order valence-corrected chi connectivity index (χ1v) is 6.87. The fourth-order valence-corrected chi connectivity index (χ4v) is 2.20. The van der Waals surface area contributed by atoms with Crippen LogP contribution >= 0.6 is 11.6 Å². The lowest BCUT2D eigenvalue weighted by atomic mass is 10.0. The molecule has 1 atom stereocenters. The van der Waals surface area contributed by atoms with Crippen LogP contribution in [0.5, 0.6) is 0 Å². The number of nitrogens with zero attached hydrogens (tertiary/aromatic N) is 2. The normalized spacial score (nSPS) is 12.4. The maximum absolute atomic E-state index is 6.08. The van der Waals surface area contributed by atoms with Gasteiger partial charge in [0.1, 0.15) is 5.82 Å². The van der Waals surface area contributed by atoms with Gasteiger partial charge in [-0.05, 0) is 43.7 Å². The van der Waals surface area contributed by atoms with Crippen LogP contribution in [0.2, 0.25) is 5.02 Å². The van der Waals surface area contributed by atoms with E-state index in [4.69, 9.17) is 11.6 Å². The van der Waals surface area contributed by atoms with Crippen molar-refractivity contribution in [2.45, 2.75) is 26.3 Å². The van der Waals surface area contributed by atoms with Crippen LogP contribution in [0, 0.1) is 6.92 Å². The summed E-state index contributed by atoms with van der Waals surface area (Å²) < 4.78 is 0. The lowest BCUT2D eigenvalue weighted by molar-refractivity contribution is 0.583. The zero-order valence-electron chi connectivity index (χ0n) is 11.2. The van der Waals surface area contributed by atoms with Crippen LogP contribution in [0.4, 0.5) is 0 Å². The molecule has 2 aromatic rings. The highest BCUT2D eigenvalue weighted by atomic mass is 35.5. The Bertz CT molecular complexity index is 497. The van der Waals surface area contributed by atoms with Crippen LogP contribution < -0.4 is 5.32 Å². The van der Waals surface area contributed by atoms with Crippen LogP contribution in [-0.4, -0.2) is 16.5 Å². The van der Waals surface area contributed by atoms with Gasteiger partial charge in [0.2, 0.25) is 0 Å². The Balaban J connectivity index is 2.35. The van der Waals surface area contributed by atoms with Crippen molar-refractivity contribution >= 4 is 11.6 Å².